The van der Waals surface area contributed by atoms with Crippen molar-refractivity contribution < 1.29 is 0 Å². The normalized spacial score (nSPS) is 10.8. The molecule has 0 saturated heterocycles. The number of aryl methyl sites for hydroxylation is 1. The molecule has 1 aromatic heterocycles. The number of rotatable bonds is 6. The highest BCUT2D eigenvalue weighted by Crippen LogP contribution is 2.21. The zero-order valence-corrected chi connectivity index (χ0v) is 12.2. The molecule has 0 radical (unpaired) electrons. The van der Waals surface area contributed by atoms with Crippen molar-refractivity contribution in [3.8, 4) is 11.3 Å². The minimum atomic E-state index is 0.998. The Hall–Kier alpha value is -1.13. The Kier molecular flexibility index (Phi) is 4.96. The van der Waals surface area contributed by atoms with Gasteiger partial charge in [-0.2, -0.15) is 0 Å². The van der Waals surface area contributed by atoms with Gasteiger partial charge in [-0.3, -0.25) is 0 Å². The summed E-state index contributed by atoms with van der Waals surface area (Å²) in [6.45, 7) is 5.21. The lowest BCUT2D eigenvalue weighted by Crippen LogP contribution is -2.16. The summed E-state index contributed by atoms with van der Waals surface area (Å²) >= 11 is 3.46. The van der Waals surface area contributed by atoms with Crippen LogP contribution in [0.1, 0.15) is 13.3 Å². The van der Waals surface area contributed by atoms with Crippen LogP contribution in [0.15, 0.2) is 41.3 Å². The van der Waals surface area contributed by atoms with Gasteiger partial charge >= 0.3 is 0 Å². The first-order chi connectivity index (χ1) is 8.81. The number of hydrogen-bond donors (Lipinski definition) is 1. The van der Waals surface area contributed by atoms with Crippen molar-refractivity contribution in [2.45, 2.75) is 19.9 Å². The van der Waals surface area contributed by atoms with Crippen LogP contribution < -0.4 is 5.32 Å². The molecule has 0 unspecified atom stereocenters. The molecule has 0 aliphatic heterocycles. The van der Waals surface area contributed by atoms with E-state index in [1.54, 1.807) is 0 Å². The van der Waals surface area contributed by atoms with E-state index in [1.165, 1.54) is 11.3 Å². The SMILES string of the molecule is CCNCCCn1cncc1-c1ccc(Br)cc1. The predicted octanol–water partition coefficient (Wildman–Crippen LogP) is 3.31. The van der Waals surface area contributed by atoms with Crippen molar-refractivity contribution in [3.05, 3.63) is 41.3 Å². The maximum Gasteiger partial charge on any atom is 0.0950 e. The van der Waals surface area contributed by atoms with Gasteiger partial charge in [-0.1, -0.05) is 35.0 Å². The molecule has 2 aromatic rings. The second kappa shape index (κ2) is 6.71. The molecule has 18 heavy (non-hydrogen) atoms. The van der Waals surface area contributed by atoms with Crippen molar-refractivity contribution in [3.63, 3.8) is 0 Å². The van der Waals surface area contributed by atoms with E-state index >= 15 is 0 Å². The van der Waals surface area contributed by atoms with Gasteiger partial charge in [0.2, 0.25) is 0 Å². The molecule has 0 bridgehead atoms. The van der Waals surface area contributed by atoms with E-state index < -0.39 is 0 Å². The van der Waals surface area contributed by atoms with Gasteiger partial charge < -0.3 is 9.88 Å². The third kappa shape index (κ3) is 3.43. The molecule has 0 amide bonds. The van der Waals surface area contributed by atoms with Crippen LogP contribution in [-0.2, 0) is 6.54 Å². The lowest BCUT2D eigenvalue weighted by atomic mass is 10.2. The topological polar surface area (TPSA) is 29.9 Å². The number of nitrogens with one attached hydrogen (secondary N) is 1. The predicted molar refractivity (Wildman–Crippen MR) is 78.5 cm³/mol. The van der Waals surface area contributed by atoms with E-state index in [9.17, 15) is 0 Å². The molecule has 1 heterocycles. The highest BCUT2D eigenvalue weighted by molar-refractivity contribution is 9.10. The fourth-order valence-corrected chi connectivity index (χ4v) is 2.18. The molecule has 0 aliphatic rings. The largest absolute Gasteiger partial charge is 0.331 e. The number of benzene rings is 1. The first-order valence-corrected chi connectivity index (χ1v) is 7.07. The molecule has 0 fully saturated rings. The van der Waals surface area contributed by atoms with E-state index in [4.69, 9.17) is 0 Å². The fraction of sp³-hybridized carbons (Fsp3) is 0.357. The molecule has 0 aliphatic carbocycles. The maximum absolute atomic E-state index is 4.25. The van der Waals surface area contributed by atoms with Crippen LogP contribution in [0.3, 0.4) is 0 Å². The third-order valence-electron chi connectivity index (χ3n) is 2.85. The molecular formula is C14H18BrN3. The number of nitrogens with zero attached hydrogens (tertiary/aromatic N) is 2. The van der Waals surface area contributed by atoms with Gasteiger partial charge in [-0.25, -0.2) is 4.98 Å². The molecule has 4 heteroatoms. The Labute approximate surface area is 116 Å². The number of aromatic nitrogens is 2. The van der Waals surface area contributed by atoms with Crippen molar-refractivity contribution in [1.82, 2.24) is 14.9 Å². The number of halogens is 1. The molecule has 2 rings (SSSR count). The van der Waals surface area contributed by atoms with Crippen molar-refractivity contribution in [2.24, 2.45) is 0 Å². The van der Waals surface area contributed by atoms with Gasteiger partial charge in [-0.15, -0.1) is 0 Å². The van der Waals surface area contributed by atoms with Crippen molar-refractivity contribution in [2.75, 3.05) is 13.1 Å². The van der Waals surface area contributed by atoms with Gasteiger partial charge in [0.05, 0.1) is 18.2 Å². The summed E-state index contributed by atoms with van der Waals surface area (Å²) in [4.78, 5) is 4.25. The van der Waals surface area contributed by atoms with Gasteiger partial charge in [0.1, 0.15) is 0 Å². The molecule has 0 atom stereocenters. The summed E-state index contributed by atoms with van der Waals surface area (Å²) < 4.78 is 3.31. The van der Waals surface area contributed by atoms with E-state index in [0.717, 1.165) is 30.5 Å². The number of hydrogen-bond acceptors (Lipinski definition) is 2. The Bertz CT molecular complexity index is 476. The molecule has 1 N–H and O–H groups in total. The van der Waals surface area contributed by atoms with Crippen molar-refractivity contribution in [1.29, 1.82) is 0 Å². The van der Waals surface area contributed by atoms with E-state index in [2.05, 4.69) is 62.0 Å². The maximum atomic E-state index is 4.25. The quantitative estimate of drug-likeness (QED) is 0.830. The highest BCUT2D eigenvalue weighted by atomic mass is 79.9. The van der Waals surface area contributed by atoms with Crippen LogP contribution in [0.5, 0.6) is 0 Å². The summed E-state index contributed by atoms with van der Waals surface area (Å²) in [5, 5.41) is 3.34. The second-order valence-corrected chi connectivity index (χ2v) is 5.10. The van der Waals surface area contributed by atoms with Crippen LogP contribution in [0.4, 0.5) is 0 Å². The molecule has 0 saturated carbocycles. The van der Waals surface area contributed by atoms with Gasteiger partial charge in [-0.05, 0) is 37.2 Å². The second-order valence-electron chi connectivity index (χ2n) is 4.19. The average molecular weight is 308 g/mol. The van der Waals surface area contributed by atoms with Gasteiger partial charge in [0, 0.05) is 11.0 Å². The molecule has 1 aromatic carbocycles. The van der Waals surface area contributed by atoms with Crippen LogP contribution in [0.2, 0.25) is 0 Å². The zero-order valence-electron chi connectivity index (χ0n) is 10.6. The smallest absolute Gasteiger partial charge is 0.0950 e. The van der Waals surface area contributed by atoms with Crippen molar-refractivity contribution >= 4 is 15.9 Å². The molecule has 96 valence electrons. The third-order valence-corrected chi connectivity index (χ3v) is 3.38. The average Bonchev–Trinajstić information content (AvgIpc) is 2.84. The first kappa shape index (κ1) is 13.3. The summed E-state index contributed by atoms with van der Waals surface area (Å²) in [5.41, 5.74) is 2.39. The molecule has 0 spiro atoms. The zero-order chi connectivity index (χ0) is 12.8. The van der Waals surface area contributed by atoms with Crippen LogP contribution in [0, 0.1) is 0 Å². The van der Waals surface area contributed by atoms with E-state index in [1.807, 2.05) is 12.5 Å². The number of imidazole rings is 1. The monoisotopic (exact) mass is 307 g/mol. The standard InChI is InChI=1S/C14H18BrN3/c1-2-16-8-3-9-18-11-17-10-14(18)12-4-6-13(15)7-5-12/h4-7,10-11,16H,2-3,8-9H2,1H3. The minimum Gasteiger partial charge on any atom is -0.331 e. The van der Waals surface area contributed by atoms with E-state index in [0.29, 0.717) is 0 Å². The lowest BCUT2D eigenvalue weighted by molar-refractivity contribution is 0.595. The van der Waals surface area contributed by atoms with Gasteiger partial charge in [0.25, 0.3) is 0 Å². The summed E-state index contributed by atoms with van der Waals surface area (Å²) in [6, 6.07) is 8.35. The Balaban J connectivity index is 2.05. The minimum absolute atomic E-state index is 0.998. The fourth-order valence-electron chi connectivity index (χ4n) is 1.91. The van der Waals surface area contributed by atoms with Crippen LogP contribution in [0.25, 0.3) is 11.3 Å². The molecule has 3 nitrogen and oxygen atoms in total. The van der Waals surface area contributed by atoms with Crippen LogP contribution in [-0.4, -0.2) is 22.6 Å². The Morgan fingerprint density at radius 1 is 1.28 bits per heavy atom. The van der Waals surface area contributed by atoms with Gasteiger partial charge in [0.15, 0.2) is 0 Å². The summed E-state index contributed by atoms with van der Waals surface area (Å²) in [7, 11) is 0. The lowest BCUT2D eigenvalue weighted by Gasteiger charge is -2.08. The summed E-state index contributed by atoms with van der Waals surface area (Å²) in [6.07, 6.45) is 4.95. The first-order valence-electron chi connectivity index (χ1n) is 6.28. The summed E-state index contributed by atoms with van der Waals surface area (Å²) in [5.74, 6) is 0. The molecular weight excluding hydrogens is 290 g/mol. The Morgan fingerprint density at radius 2 is 2.06 bits per heavy atom. The highest BCUT2D eigenvalue weighted by Gasteiger charge is 2.04. The van der Waals surface area contributed by atoms with Crippen LogP contribution >= 0.6 is 15.9 Å². The van der Waals surface area contributed by atoms with E-state index in [-0.39, 0.29) is 0 Å². The Morgan fingerprint density at radius 3 is 2.78 bits per heavy atom.